The van der Waals surface area contributed by atoms with Crippen LogP contribution in [0, 0.1) is 0 Å². The maximum atomic E-state index is 5.98. The second kappa shape index (κ2) is 10.1. The SMILES string of the molecule is CCC[O][Ti]([I])([O]CCC)([O]CCC)[O]CCC. The van der Waals surface area contributed by atoms with E-state index in [1.54, 1.807) is 0 Å². The first-order valence-electron chi connectivity index (χ1n) is 6.99. The first-order chi connectivity index (χ1) is 8.54. The van der Waals surface area contributed by atoms with Crippen molar-refractivity contribution in [2.75, 3.05) is 26.4 Å². The Labute approximate surface area is 125 Å². The maximum absolute atomic E-state index is 5.98. The van der Waals surface area contributed by atoms with Gasteiger partial charge in [0.05, 0.1) is 0 Å². The van der Waals surface area contributed by atoms with Crippen molar-refractivity contribution in [1.29, 1.82) is 0 Å². The summed E-state index contributed by atoms with van der Waals surface area (Å²) in [7, 11) is 0. The zero-order chi connectivity index (χ0) is 13.9. The van der Waals surface area contributed by atoms with Crippen LogP contribution in [0.3, 0.4) is 0 Å². The average Bonchev–Trinajstić information content (AvgIpc) is 2.40. The summed E-state index contributed by atoms with van der Waals surface area (Å²) in [6.07, 6.45) is 3.73. The van der Waals surface area contributed by atoms with Crippen molar-refractivity contribution in [3.05, 3.63) is 0 Å². The molecule has 0 rings (SSSR count). The Kier molecular flexibility index (Phi) is 10.8. The van der Waals surface area contributed by atoms with E-state index in [9.17, 15) is 0 Å². The van der Waals surface area contributed by atoms with E-state index < -0.39 is 13.1 Å². The Bertz CT molecular complexity index is 173. The van der Waals surface area contributed by atoms with Gasteiger partial charge in [-0.2, -0.15) is 0 Å². The van der Waals surface area contributed by atoms with Gasteiger partial charge in [0.1, 0.15) is 0 Å². The summed E-state index contributed by atoms with van der Waals surface area (Å²) in [6, 6.07) is 0. The van der Waals surface area contributed by atoms with E-state index in [1.165, 1.54) is 0 Å². The van der Waals surface area contributed by atoms with Crippen LogP contribution in [-0.2, 0) is 26.4 Å². The summed E-state index contributed by atoms with van der Waals surface area (Å²) >= 11 is -1.95. The first kappa shape index (κ1) is 19.3. The van der Waals surface area contributed by atoms with Crippen molar-refractivity contribution in [3.8, 4) is 0 Å². The number of halogens is 1. The number of rotatable bonds is 12. The quantitative estimate of drug-likeness (QED) is 0.353. The molecular weight excluding hydrogens is 383 g/mol. The summed E-state index contributed by atoms with van der Waals surface area (Å²) in [6.45, 7) is 10.8. The minimum atomic E-state index is -4.15. The molecular formula is C12H28IO4Ti. The Balaban J connectivity index is 4.82. The molecule has 0 heterocycles. The average molecular weight is 411 g/mol. The Hall–Kier alpha value is 1.28. The third-order valence-corrected chi connectivity index (χ3v) is 11.5. The summed E-state index contributed by atoms with van der Waals surface area (Å²) in [5, 5.41) is 0. The van der Waals surface area contributed by atoms with Crippen LogP contribution >= 0.6 is 19.2 Å². The van der Waals surface area contributed by atoms with Gasteiger partial charge in [-0.25, -0.2) is 0 Å². The van der Waals surface area contributed by atoms with Crippen LogP contribution in [0.25, 0.3) is 0 Å². The minimum absolute atomic E-state index is 0.622. The van der Waals surface area contributed by atoms with Crippen LogP contribution in [0.4, 0.5) is 0 Å². The van der Waals surface area contributed by atoms with Crippen molar-refractivity contribution in [3.63, 3.8) is 0 Å². The number of hydrogen-bond donors (Lipinski definition) is 0. The molecule has 0 saturated carbocycles. The van der Waals surface area contributed by atoms with E-state index in [0.29, 0.717) is 26.4 Å². The van der Waals surface area contributed by atoms with Crippen molar-refractivity contribution in [1.82, 2.24) is 0 Å². The van der Waals surface area contributed by atoms with E-state index in [4.69, 9.17) is 13.3 Å². The molecule has 6 heteroatoms. The molecule has 0 aliphatic heterocycles. The predicted octanol–water partition coefficient (Wildman–Crippen LogP) is 4.39. The van der Waals surface area contributed by atoms with Gasteiger partial charge < -0.3 is 0 Å². The Morgan fingerprint density at radius 2 is 0.833 bits per heavy atom. The fourth-order valence-electron chi connectivity index (χ4n) is 1.31. The second-order valence-electron chi connectivity index (χ2n) is 4.20. The first-order valence-corrected chi connectivity index (χ1v) is 14.6. The molecule has 18 heavy (non-hydrogen) atoms. The molecule has 0 atom stereocenters. The normalized spacial score (nSPS) is 14.4. The van der Waals surface area contributed by atoms with E-state index in [1.807, 2.05) is 0 Å². The monoisotopic (exact) mass is 411 g/mol. The van der Waals surface area contributed by atoms with Crippen molar-refractivity contribution >= 4 is 19.2 Å². The van der Waals surface area contributed by atoms with Crippen LogP contribution in [0.2, 0.25) is 0 Å². The summed E-state index contributed by atoms with van der Waals surface area (Å²) in [4.78, 5) is 0. The fraction of sp³-hybridized carbons (Fsp3) is 1.00. The number of hydrogen-bond acceptors (Lipinski definition) is 4. The summed E-state index contributed by atoms with van der Waals surface area (Å²) in [5.41, 5.74) is 0. The fourth-order valence-corrected chi connectivity index (χ4v) is 9.04. The summed E-state index contributed by atoms with van der Waals surface area (Å²) in [5.74, 6) is 0. The van der Waals surface area contributed by atoms with Crippen LogP contribution in [0.15, 0.2) is 0 Å². The van der Waals surface area contributed by atoms with Gasteiger partial charge >= 0.3 is 125 Å². The zero-order valence-corrected chi connectivity index (χ0v) is 15.9. The van der Waals surface area contributed by atoms with Crippen LogP contribution in [0.5, 0.6) is 0 Å². The molecule has 0 unspecified atom stereocenters. The van der Waals surface area contributed by atoms with E-state index >= 15 is 0 Å². The molecule has 0 saturated heterocycles. The molecule has 0 spiro atoms. The van der Waals surface area contributed by atoms with Gasteiger partial charge in [-0.3, -0.25) is 0 Å². The Morgan fingerprint density at radius 1 is 0.611 bits per heavy atom. The standard InChI is InChI=1S/4C3H7O.HI.Ti/c4*1-2-3-4;;/h4*2-3H2,1H3;1H;/q4*-1;;+5/p-1. The van der Waals surface area contributed by atoms with Crippen molar-refractivity contribution in [2.24, 2.45) is 0 Å². The third-order valence-electron chi connectivity index (χ3n) is 2.15. The third kappa shape index (κ3) is 7.17. The van der Waals surface area contributed by atoms with E-state index in [2.05, 4.69) is 46.9 Å². The molecule has 0 aliphatic rings. The molecule has 0 radical (unpaired) electrons. The van der Waals surface area contributed by atoms with Gasteiger partial charge in [-0.1, -0.05) is 0 Å². The molecule has 0 aliphatic carbocycles. The molecule has 0 bridgehead atoms. The van der Waals surface area contributed by atoms with Gasteiger partial charge in [0.15, 0.2) is 0 Å². The van der Waals surface area contributed by atoms with Crippen LogP contribution in [0.1, 0.15) is 53.4 Å². The van der Waals surface area contributed by atoms with Crippen LogP contribution in [-0.4, -0.2) is 26.4 Å². The second-order valence-corrected chi connectivity index (χ2v) is 15.8. The predicted molar refractivity (Wildman–Crippen MR) is 79.0 cm³/mol. The zero-order valence-electron chi connectivity index (χ0n) is 12.2. The molecule has 111 valence electrons. The van der Waals surface area contributed by atoms with Crippen molar-refractivity contribution < 1.29 is 26.4 Å². The molecule has 0 N–H and O–H groups in total. The topological polar surface area (TPSA) is 36.9 Å². The van der Waals surface area contributed by atoms with Gasteiger partial charge in [0.2, 0.25) is 0 Å². The van der Waals surface area contributed by atoms with Gasteiger partial charge in [-0.15, -0.1) is 0 Å². The molecule has 0 aromatic carbocycles. The van der Waals surface area contributed by atoms with Crippen molar-refractivity contribution in [2.45, 2.75) is 53.4 Å². The Morgan fingerprint density at radius 3 is 1.00 bits per heavy atom. The van der Waals surface area contributed by atoms with Gasteiger partial charge in [0.25, 0.3) is 0 Å². The van der Waals surface area contributed by atoms with Gasteiger partial charge in [-0.05, 0) is 0 Å². The van der Waals surface area contributed by atoms with Crippen LogP contribution < -0.4 is 0 Å². The molecule has 0 aromatic rings. The molecule has 0 fully saturated rings. The summed E-state index contributed by atoms with van der Waals surface area (Å²) < 4.78 is 23.9. The van der Waals surface area contributed by atoms with E-state index in [-0.39, 0.29) is 0 Å². The molecule has 4 nitrogen and oxygen atoms in total. The molecule has 0 aromatic heterocycles. The van der Waals surface area contributed by atoms with E-state index in [0.717, 1.165) is 25.7 Å². The molecule has 0 amide bonds. The van der Waals surface area contributed by atoms with Gasteiger partial charge in [0, 0.05) is 0 Å².